The third-order valence-electron chi connectivity index (χ3n) is 2.60. The average Bonchev–Trinajstić information content (AvgIpc) is 2.60. The van der Waals surface area contributed by atoms with Crippen molar-refractivity contribution in [1.29, 1.82) is 0 Å². The Morgan fingerprint density at radius 2 is 2.20 bits per heavy atom. The summed E-state index contributed by atoms with van der Waals surface area (Å²) < 4.78 is 5.46. The van der Waals surface area contributed by atoms with Gasteiger partial charge in [-0.05, 0) is 33.6 Å². The van der Waals surface area contributed by atoms with Gasteiger partial charge in [0, 0.05) is 19.1 Å². The summed E-state index contributed by atoms with van der Waals surface area (Å²) in [6, 6.07) is 0.223. The SMILES string of the molecule is CC(C)(C)OCC(=O)N1CCC[C@H]1CN. The molecule has 0 aromatic heterocycles. The van der Waals surface area contributed by atoms with Gasteiger partial charge in [-0.25, -0.2) is 0 Å². The molecule has 4 heteroatoms. The quantitative estimate of drug-likeness (QED) is 0.754. The van der Waals surface area contributed by atoms with E-state index < -0.39 is 0 Å². The predicted molar refractivity (Wildman–Crippen MR) is 59.5 cm³/mol. The van der Waals surface area contributed by atoms with Crippen molar-refractivity contribution in [1.82, 2.24) is 4.90 Å². The average molecular weight is 214 g/mol. The summed E-state index contributed by atoms with van der Waals surface area (Å²) in [5.74, 6) is 0.0675. The summed E-state index contributed by atoms with van der Waals surface area (Å²) >= 11 is 0. The molecule has 0 spiro atoms. The van der Waals surface area contributed by atoms with Gasteiger partial charge < -0.3 is 15.4 Å². The van der Waals surface area contributed by atoms with Gasteiger partial charge in [0.15, 0.2) is 0 Å². The molecule has 2 N–H and O–H groups in total. The van der Waals surface area contributed by atoms with Crippen LogP contribution in [0.1, 0.15) is 33.6 Å². The highest BCUT2D eigenvalue weighted by Gasteiger charge is 2.28. The Kier molecular flexibility index (Phi) is 4.11. The third-order valence-corrected chi connectivity index (χ3v) is 2.60. The smallest absolute Gasteiger partial charge is 0.248 e. The Balaban J connectivity index is 2.40. The highest BCUT2D eigenvalue weighted by molar-refractivity contribution is 5.78. The molecule has 0 unspecified atom stereocenters. The van der Waals surface area contributed by atoms with E-state index in [0.29, 0.717) is 6.54 Å². The predicted octanol–water partition coefficient (Wildman–Crippen LogP) is 0.751. The summed E-state index contributed by atoms with van der Waals surface area (Å²) in [5, 5.41) is 0. The van der Waals surface area contributed by atoms with Crippen LogP contribution in [0, 0.1) is 0 Å². The molecule has 1 rings (SSSR count). The maximum atomic E-state index is 11.8. The minimum Gasteiger partial charge on any atom is -0.366 e. The minimum absolute atomic E-state index is 0.0675. The van der Waals surface area contributed by atoms with Gasteiger partial charge in [0.1, 0.15) is 6.61 Å². The van der Waals surface area contributed by atoms with Crippen LogP contribution in [0.3, 0.4) is 0 Å². The maximum absolute atomic E-state index is 11.8. The van der Waals surface area contributed by atoms with Crippen LogP contribution in [0.4, 0.5) is 0 Å². The summed E-state index contributed by atoms with van der Waals surface area (Å²) in [5.41, 5.74) is 5.35. The van der Waals surface area contributed by atoms with Gasteiger partial charge >= 0.3 is 0 Å². The number of likely N-dealkylation sites (tertiary alicyclic amines) is 1. The zero-order valence-electron chi connectivity index (χ0n) is 9.95. The second-order valence-electron chi connectivity index (χ2n) is 5.02. The molecule has 88 valence electrons. The lowest BCUT2D eigenvalue weighted by molar-refractivity contribution is -0.141. The second-order valence-corrected chi connectivity index (χ2v) is 5.02. The van der Waals surface area contributed by atoms with Crippen molar-refractivity contribution < 1.29 is 9.53 Å². The highest BCUT2D eigenvalue weighted by atomic mass is 16.5. The van der Waals surface area contributed by atoms with Gasteiger partial charge in [0.05, 0.1) is 5.60 Å². The van der Waals surface area contributed by atoms with Gasteiger partial charge in [0.25, 0.3) is 0 Å². The summed E-state index contributed by atoms with van der Waals surface area (Å²) in [6.45, 7) is 7.40. The molecule has 1 heterocycles. The first-order valence-corrected chi connectivity index (χ1v) is 5.57. The molecule has 0 saturated carbocycles. The summed E-state index contributed by atoms with van der Waals surface area (Å²) in [6.07, 6.45) is 2.08. The van der Waals surface area contributed by atoms with Crippen molar-refractivity contribution in [2.24, 2.45) is 5.73 Å². The molecule has 0 radical (unpaired) electrons. The van der Waals surface area contributed by atoms with Crippen LogP contribution in [0.15, 0.2) is 0 Å². The topological polar surface area (TPSA) is 55.6 Å². The Bertz CT molecular complexity index is 223. The number of carbonyl (C=O) groups is 1. The van der Waals surface area contributed by atoms with E-state index in [-0.39, 0.29) is 24.2 Å². The van der Waals surface area contributed by atoms with Crippen LogP contribution < -0.4 is 5.73 Å². The molecule has 1 saturated heterocycles. The number of rotatable bonds is 3. The Labute approximate surface area is 91.8 Å². The van der Waals surface area contributed by atoms with Crippen molar-refractivity contribution >= 4 is 5.91 Å². The van der Waals surface area contributed by atoms with Gasteiger partial charge in [-0.3, -0.25) is 4.79 Å². The van der Waals surface area contributed by atoms with E-state index in [0.717, 1.165) is 19.4 Å². The molecule has 1 aliphatic heterocycles. The maximum Gasteiger partial charge on any atom is 0.248 e. The molecule has 1 aliphatic rings. The fourth-order valence-corrected chi connectivity index (χ4v) is 1.77. The summed E-state index contributed by atoms with van der Waals surface area (Å²) in [4.78, 5) is 13.7. The van der Waals surface area contributed by atoms with Crippen molar-refractivity contribution in [2.45, 2.75) is 45.3 Å². The largest absolute Gasteiger partial charge is 0.366 e. The number of amides is 1. The monoisotopic (exact) mass is 214 g/mol. The van der Waals surface area contributed by atoms with E-state index in [1.165, 1.54) is 0 Å². The molecule has 1 fully saturated rings. The third kappa shape index (κ3) is 3.80. The minimum atomic E-state index is -0.256. The standard InChI is InChI=1S/C11H22N2O2/c1-11(2,3)15-8-10(14)13-6-4-5-9(13)7-12/h9H,4-8,12H2,1-3H3/t9-/m0/s1. The van der Waals surface area contributed by atoms with Crippen LogP contribution in [-0.4, -0.2) is 42.1 Å². The zero-order chi connectivity index (χ0) is 11.5. The first-order valence-electron chi connectivity index (χ1n) is 5.57. The van der Waals surface area contributed by atoms with Gasteiger partial charge in [-0.2, -0.15) is 0 Å². The van der Waals surface area contributed by atoms with Gasteiger partial charge in [-0.1, -0.05) is 0 Å². The van der Waals surface area contributed by atoms with Gasteiger partial charge in [-0.15, -0.1) is 0 Å². The van der Waals surface area contributed by atoms with Crippen LogP contribution in [0.25, 0.3) is 0 Å². The molecular formula is C11H22N2O2. The molecule has 1 atom stereocenters. The fraction of sp³-hybridized carbons (Fsp3) is 0.909. The first kappa shape index (κ1) is 12.5. The molecule has 4 nitrogen and oxygen atoms in total. The number of hydrogen-bond donors (Lipinski definition) is 1. The molecule has 0 aliphatic carbocycles. The molecule has 0 aromatic carbocycles. The number of hydrogen-bond acceptors (Lipinski definition) is 3. The van der Waals surface area contributed by atoms with Crippen LogP contribution in [0.5, 0.6) is 0 Å². The molecule has 15 heavy (non-hydrogen) atoms. The fourth-order valence-electron chi connectivity index (χ4n) is 1.77. The number of ether oxygens (including phenoxy) is 1. The van der Waals surface area contributed by atoms with Crippen LogP contribution in [0.2, 0.25) is 0 Å². The van der Waals surface area contributed by atoms with Crippen LogP contribution >= 0.6 is 0 Å². The lowest BCUT2D eigenvalue weighted by Crippen LogP contribution is -2.42. The van der Waals surface area contributed by atoms with E-state index in [1.54, 1.807) is 0 Å². The van der Waals surface area contributed by atoms with Gasteiger partial charge in [0.2, 0.25) is 5.91 Å². The van der Waals surface area contributed by atoms with E-state index in [4.69, 9.17) is 10.5 Å². The highest BCUT2D eigenvalue weighted by Crippen LogP contribution is 2.17. The molecular weight excluding hydrogens is 192 g/mol. The van der Waals surface area contributed by atoms with E-state index in [1.807, 2.05) is 25.7 Å². The van der Waals surface area contributed by atoms with Crippen molar-refractivity contribution in [3.05, 3.63) is 0 Å². The van der Waals surface area contributed by atoms with Crippen molar-refractivity contribution in [2.75, 3.05) is 19.7 Å². The Morgan fingerprint density at radius 1 is 1.53 bits per heavy atom. The second kappa shape index (κ2) is 4.94. The Hall–Kier alpha value is -0.610. The first-order chi connectivity index (χ1) is 6.94. The van der Waals surface area contributed by atoms with E-state index in [2.05, 4.69) is 0 Å². The normalized spacial score (nSPS) is 22.1. The lowest BCUT2D eigenvalue weighted by Gasteiger charge is -2.26. The molecule has 0 bridgehead atoms. The number of nitrogens with zero attached hydrogens (tertiary/aromatic N) is 1. The Morgan fingerprint density at radius 3 is 2.73 bits per heavy atom. The van der Waals surface area contributed by atoms with Crippen LogP contribution in [-0.2, 0) is 9.53 Å². The zero-order valence-corrected chi connectivity index (χ0v) is 9.95. The number of nitrogens with two attached hydrogens (primary N) is 1. The van der Waals surface area contributed by atoms with E-state index in [9.17, 15) is 4.79 Å². The lowest BCUT2D eigenvalue weighted by atomic mass is 10.2. The summed E-state index contributed by atoms with van der Waals surface area (Å²) in [7, 11) is 0. The van der Waals surface area contributed by atoms with Crippen molar-refractivity contribution in [3.8, 4) is 0 Å². The van der Waals surface area contributed by atoms with Crippen molar-refractivity contribution in [3.63, 3.8) is 0 Å². The number of carbonyl (C=O) groups excluding carboxylic acids is 1. The molecule has 0 aromatic rings. The van der Waals surface area contributed by atoms with E-state index >= 15 is 0 Å². The molecule has 1 amide bonds.